The Labute approximate surface area is 94.0 Å². The van der Waals surface area contributed by atoms with Crippen LogP contribution in [0.3, 0.4) is 0 Å². The minimum Gasteiger partial charge on any atom is -0.351 e. The van der Waals surface area contributed by atoms with E-state index in [0.717, 1.165) is 19.4 Å². The molecule has 0 aromatic heterocycles. The molecule has 3 nitrogen and oxygen atoms in total. The van der Waals surface area contributed by atoms with Crippen molar-refractivity contribution in [3.05, 3.63) is 0 Å². The van der Waals surface area contributed by atoms with Crippen molar-refractivity contribution in [2.75, 3.05) is 6.54 Å². The molecule has 0 aromatic rings. The summed E-state index contributed by atoms with van der Waals surface area (Å²) in [6, 6.07) is 0.500. The number of carbonyl (C=O) groups excluding carboxylic acids is 1. The molecule has 0 aliphatic heterocycles. The molecule has 0 spiro atoms. The van der Waals surface area contributed by atoms with Crippen LogP contribution in [0.4, 0.5) is 0 Å². The third-order valence-electron chi connectivity index (χ3n) is 2.49. The van der Waals surface area contributed by atoms with Gasteiger partial charge in [0.15, 0.2) is 0 Å². The molecule has 0 atom stereocenters. The van der Waals surface area contributed by atoms with Gasteiger partial charge in [0, 0.05) is 18.0 Å². The average molecular weight is 214 g/mol. The summed E-state index contributed by atoms with van der Waals surface area (Å²) in [4.78, 5) is 11.5. The van der Waals surface area contributed by atoms with Crippen LogP contribution in [-0.4, -0.2) is 24.0 Å². The number of nitrogens with one attached hydrogen (secondary N) is 2. The van der Waals surface area contributed by atoms with Gasteiger partial charge in [0.1, 0.15) is 0 Å². The normalized spacial score (nSPS) is 11.9. The van der Waals surface area contributed by atoms with Gasteiger partial charge in [-0.15, -0.1) is 0 Å². The van der Waals surface area contributed by atoms with E-state index in [9.17, 15) is 4.79 Å². The first-order valence-corrected chi connectivity index (χ1v) is 5.92. The first-order chi connectivity index (χ1) is 6.87. The minimum absolute atomic E-state index is 0.0669. The molecule has 1 amide bonds. The van der Waals surface area contributed by atoms with E-state index in [0.29, 0.717) is 12.5 Å². The quantitative estimate of drug-likeness (QED) is 0.637. The van der Waals surface area contributed by atoms with E-state index in [2.05, 4.69) is 45.3 Å². The SMILES string of the molecule is CCC(C)(C)NC(=O)CCCNC(C)C. The highest BCUT2D eigenvalue weighted by atomic mass is 16.1. The fraction of sp³-hybridized carbons (Fsp3) is 0.917. The van der Waals surface area contributed by atoms with Gasteiger partial charge in [0.05, 0.1) is 0 Å². The van der Waals surface area contributed by atoms with Crippen LogP contribution in [0.25, 0.3) is 0 Å². The van der Waals surface area contributed by atoms with Gasteiger partial charge in [0.2, 0.25) is 5.91 Å². The summed E-state index contributed by atoms with van der Waals surface area (Å²) >= 11 is 0. The first kappa shape index (κ1) is 14.4. The Kier molecular flexibility index (Phi) is 6.57. The van der Waals surface area contributed by atoms with Crippen LogP contribution in [0.15, 0.2) is 0 Å². The lowest BCUT2D eigenvalue weighted by Gasteiger charge is -2.24. The molecule has 0 heterocycles. The van der Waals surface area contributed by atoms with E-state index < -0.39 is 0 Å². The van der Waals surface area contributed by atoms with Crippen LogP contribution in [0.2, 0.25) is 0 Å². The fourth-order valence-electron chi connectivity index (χ4n) is 1.17. The monoisotopic (exact) mass is 214 g/mol. The Bertz CT molecular complexity index is 188. The summed E-state index contributed by atoms with van der Waals surface area (Å²) in [6.45, 7) is 11.3. The maximum absolute atomic E-state index is 11.5. The van der Waals surface area contributed by atoms with Gasteiger partial charge >= 0.3 is 0 Å². The summed E-state index contributed by atoms with van der Waals surface area (Å²) < 4.78 is 0. The lowest BCUT2D eigenvalue weighted by molar-refractivity contribution is -0.122. The zero-order valence-electron chi connectivity index (χ0n) is 10.8. The predicted molar refractivity (Wildman–Crippen MR) is 64.9 cm³/mol. The molecule has 0 aliphatic carbocycles. The lowest BCUT2D eigenvalue weighted by Crippen LogP contribution is -2.42. The van der Waals surface area contributed by atoms with Crippen molar-refractivity contribution in [1.29, 1.82) is 0 Å². The summed E-state index contributed by atoms with van der Waals surface area (Å²) in [6.07, 6.45) is 2.48. The molecule has 0 fully saturated rings. The highest BCUT2D eigenvalue weighted by Gasteiger charge is 2.16. The van der Waals surface area contributed by atoms with Crippen LogP contribution in [0, 0.1) is 0 Å². The smallest absolute Gasteiger partial charge is 0.220 e. The predicted octanol–water partition coefficient (Wildman–Crippen LogP) is 2.07. The molecular weight excluding hydrogens is 188 g/mol. The summed E-state index contributed by atoms with van der Waals surface area (Å²) in [5.41, 5.74) is -0.0669. The average Bonchev–Trinajstić information content (AvgIpc) is 2.11. The number of rotatable bonds is 7. The largest absolute Gasteiger partial charge is 0.351 e. The van der Waals surface area contributed by atoms with Crippen LogP contribution in [0.5, 0.6) is 0 Å². The Balaban J connectivity index is 3.58. The zero-order chi connectivity index (χ0) is 11.9. The third-order valence-corrected chi connectivity index (χ3v) is 2.49. The van der Waals surface area contributed by atoms with Crippen LogP contribution in [0.1, 0.15) is 53.9 Å². The van der Waals surface area contributed by atoms with Crippen molar-refractivity contribution in [2.45, 2.75) is 65.5 Å². The maximum Gasteiger partial charge on any atom is 0.220 e. The molecule has 0 saturated heterocycles. The first-order valence-electron chi connectivity index (χ1n) is 5.92. The highest BCUT2D eigenvalue weighted by Crippen LogP contribution is 2.07. The maximum atomic E-state index is 11.5. The van der Waals surface area contributed by atoms with Crippen molar-refractivity contribution in [2.24, 2.45) is 0 Å². The molecule has 0 unspecified atom stereocenters. The van der Waals surface area contributed by atoms with Gasteiger partial charge in [-0.25, -0.2) is 0 Å². The summed E-state index contributed by atoms with van der Waals surface area (Å²) in [5.74, 6) is 0.160. The second-order valence-electron chi connectivity index (χ2n) is 5.00. The summed E-state index contributed by atoms with van der Waals surface area (Å²) in [7, 11) is 0. The standard InChI is InChI=1S/C12H26N2O/c1-6-12(4,5)14-11(15)8-7-9-13-10(2)3/h10,13H,6-9H2,1-5H3,(H,14,15). The van der Waals surface area contributed by atoms with Gasteiger partial charge in [-0.05, 0) is 33.2 Å². The molecule has 0 saturated carbocycles. The molecule has 0 aliphatic rings. The van der Waals surface area contributed by atoms with Crippen molar-refractivity contribution >= 4 is 5.91 Å². The summed E-state index contributed by atoms with van der Waals surface area (Å²) in [5, 5.41) is 6.33. The van der Waals surface area contributed by atoms with Crippen molar-refractivity contribution in [1.82, 2.24) is 10.6 Å². The van der Waals surface area contributed by atoms with E-state index in [4.69, 9.17) is 0 Å². The minimum atomic E-state index is -0.0669. The number of amides is 1. The number of hydrogen-bond acceptors (Lipinski definition) is 2. The van der Waals surface area contributed by atoms with E-state index in [-0.39, 0.29) is 11.4 Å². The second-order valence-corrected chi connectivity index (χ2v) is 5.00. The molecule has 0 rings (SSSR count). The Hall–Kier alpha value is -0.570. The Morgan fingerprint density at radius 2 is 1.93 bits per heavy atom. The molecule has 3 heteroatoms. The Morgan fingerprint density at radius 3 is 2.40 bits per heavy atom. The molecule has 0 aromatic carbocycles. The van der Waals surface area contributed by atoms with Crippen LogP contribution < -0.4 is 10.6 Å². The molecule has 0 radical (unpaired) electrons. The van der Waals surface area contributed by atoms with Crippen molar-refractivity contribution in [3.8, 4) is 0 Å². The number of hydrogen-bond donors (Lipinski definition) is 2. The molecule has 90 valence electrons. The topological polar surface area (TPSA) is 41.1 Å². The van der Waals surface area contributed by atoms with Gasteiger partial charge in [-0.2, -0.15) is 0 Å². The Morgan fingerprint density at radius 1 is 1.33 bits per heavy atom. The van der Waals surface area contributed by atoms with Crippen molar-refractivity contribution < 1.29 is 4.79 Å². The van der Waals surface area contributed by atoms with Gasteiger partial charge in [-0.1, -0.05) is 20.8 Å². The lowest BCUT2D eigenvalue weighted by atomic mass is 10.0. The van der Waals surface area contributed by atoms with E-state index in [1.807, 2.05) is 0 Å². The molecular formula is C12H26N2O. The van der Waals surface area contributed by atoms with Crippen LogP contribution in [-0.2, 0) is 4.79 Å². The number of carbonyl (C=O) groups is 1. The van der Waals surface area contributed by atoms with Gasteiger partial charge in [0.25, 0.3) is 0 Å². The highest BCUT2D eigenvalue weighted by molar-refractivity contribution is 5.76. The van der Waals surface area contributed by atoms with Crippen LogP contribution >= 0.6 is 0 Å². The van der Waals surface area contributed by atoms with Crippen molar-refractivity contribution in [3.63, 3.8) is 0 Å². The van der Waals surface area contributed by atoms with E-state index >= 15 is 0 Å². The molecule has 15 heavy (non-hydrogen) atoms. The second kappa shape index (κ2) is 6.83. The van der Waals surface area contributed by atoms with Gasteiger partial charge in [-0.3, -0.25) is 4.79 Å². The van der Waals surface area contributed by atoms with E-state index in [1.54, 1.807) is 0 Å². The third kappa shape index (κ3) is 8.43. The zero-order valence-corrected chi connectivity index (χ0v) is 10.8. The molecule has 0 bridgehead atoms. The van der Waals surface area contributed by atoms with E-state index in [1.165, 1.54) is 0 Å². The molecule has 2 N–H and O–H groups in total. The fourth-order valence-corrected chi connectivity index (χ4v) is 1.17. The van der Waals surface area contributed by atoms with Gasteiger partial charge < -0.3 is 10.6 Å².